The number of oxime groups is 1. The van der Waals surface area contributed by atoms with Crippen molar-refractivity contribution in [1.82, 2.24) is 0 Å². The second-order valence-electron chi connectivity index (χ2n) is 6.19. The summed E-state index contributed by atoms with van der Waals surface area (Å²) in [4.78, 5) is 3.68. The molecule has 0 spiro atoms. The van der Waals surface area contributed by atoms with Crippen LogP contribution in [0.2, 0.25) is 0 Å². The van der Waals surface area contributed by atoms with Crippen LogP contribution in [0.15, 0.2) is 5.16 Å². The summed E-state index contributed by atoms with van der Waals surface area (Å²) in [6, 6.07) is 0. The van der Waals surface area contributed by atoms with E-state index in [1.54, 1.807) is 0 Å². The third-order valence-electron chi connectivity index (χ3n) is 3.05. The topological polar surface area (TPSA) is 21.6 Å². The highest BCUT2D eigenvalue weighted by molar-refractivity contribution is 5.86. The Kier molecular flexibility index (Phi) is 5.05. The van der Waals surface area contributed by atoms with E-state index in [0.717, 1.165) is 25.7 Å². The van der Waals surface area contributed by atoms with Crippen LogP contribution in [0, 0.1) is 11.3 Å². The largest absolute Gasteiger partial charge is 0.593 e. The van der Waals surface area contributed by atoms with Gasteiger partial charge in [0.05, 0.1) is 5.71 Å². The Labute approximate surface area is 107 Å². The molecule has 1 aliphatic carbocycles. The van der Waals surface area contributed by atoms with E-state index < -0.39 is 6.36 Å². The van der Waals surface area contributed by atoms with Gasteiger partial charge >= 0.3 is 6.36 Å². The van der Waals surface area contributed by atoms with Gasteiger partial charge in [-0.05, 0) is 24.7 Å². The first-order chi connectivity index (χ1) is 8.17. The van der Waals surface area contributed by atoms with E-state index in [9.17, 15) is 13.2 Å². The minimum atomic E-state index is -4.68. The molecule has 18 heavy (non-hydrogen) atoms. The third-order valence-corrected chi connectivity index (χ3v) is 3.05. The van der Waals surface area contributed by atoms with E-state index >= 15 is 0 Å². The Morgan fingerprint density at radius 1 is 1.11 bits per heavy atom. The van der Waals surface area contributed by atoms with Gasteiger partial charge in [0.2, 0.25) is 0 Å². The molecule has 0 N–H and O–H groups in total. The van der Waals surface area contributed by atoms with Crippen molar-refractivity contribution < 1.29 is 18.0 Å². The summed E-state index contributed by atoms with van der Waals surface area (Å²) >= 11 is 0. The van der Waals surface area contributed by atoms with Crippen LogP contribution in [0.5, 0.6) is 0 Å². The normalized spacial score (nSPS) is 20.0. The van der Waals surface area contributed by atoms with Crippen LogP contribution in [-0.2, 0) is 4.84 Å². The second kappa shape index (κ2) is 5.93. The summed E-state index contributed by atoms with van der Waals surface area (Å²) in [5.41, 5.74) is 0.491. The van der Waals surface area contributed by atoms with E-state index in [-0.39, 0.29) is 11.3 Å². The van der Waals surface area contributed by atoms with Gasteiger partial charge in [0.15, 0.2) is 0 Å². The molecule has 0 heterocycles. The van der Waals surface area contributed by atoms with Gasteiger partial charge in [-0.2, -0.15) is 0 Å². The highest BCUT2D eigenvalue weighted by Crippen LogP contribution is 2.31. The first-order valence-corrected chi connectivity index (χ1v) is 6.49. The Balaban J connectivity index is 2.73. The van der Waals surface area contributed by atoms with Gasteiger partial charge in [0.25, 0.3) is 0 Å². The predicted molar refractivity (Wildman–Crippen MR) is 65.2 cm³/mol. The second-order valence-corrected chi connectivity index (χ2v) is 6.19. The quantitative estimate of drug-likeness (QED) is 0.525. The van der Waals surface area contributed by atoms with Crippen LogP contribution in [0.4, 0.5) is 13.2 Å². The van der Waals surface area contributed by atoms with E-state index in [0.29, 0.717) is 12.1 Å². The van der Waals surface area contributed by atoms with Gasteiger partial charge in [-0.1, -0.05) is 45.2 Å². The van der Waals surface area contributed by atoms with Crippen molar-refractivity contribution in [1.29, 1.82) is 0 Å². The van der Waals surface area contributed by atoms with Crippen molar-refractivity contribution in [3.8, 4) is 0 Å². The summed E-state index contributed by atoms with van der Waals surface area (Å²) in [5.74, 6) is 0.153. The molecule has 1 saturated carbocycles. The van der Waals surface area contributed by atoms with Crippen molar-refractivity contribution in [2.24, 2.45) is 16.5 Å². The van der Waals surface area contributed by atoms with Crippen LogP contribution < -0.4 is 0 Å². The van der Waals surface area contributed by atoms with Gasteiger partial charge in [-0.3, -0.25) is 4.84 Å². The lowest BCUT2D eigenvalue weighted by atomic mass is 9.79. The molecule has 0 aromatic rings. The number of nitrogens with zero attached hydrogens (tertiary/aromatic N) is 1. The average Bonchev–Trinajstić information content (AvgIpc) is 2.23. The Hall–Kier alpha value is -0.740. The van der Waals surface area contributed by atoms with Gasteiger partial charge in [-0.25, -0.2) is 0 Å². The van der Waals surface area contributed by atoms with Crippen molar-refractivity contribution in [3.63, 3.8) is 0 Å². The lowest BCUT2D eigenvalue weighted by molar-refractivity contribution is -0.325. The predicted octanol–water partition coefficient (Wildman–Crippen LogP) is 4.90. The molecule has 0 unspecified atom stereocenters. The van der Waals surface area contributed by atoms with E-state index in [1.807, 2.05) is 20.8 Å². The smallest absolute Gasteiger partial charge is 0.294 e. The first kappa shape index (κ1) is 15.3. The van der Waals surface area contributed by atoms with Gasteiger partial charge in [0, 0.05) is 5.92 Å². The lowest BCUT2D eigenvalue weighted by Gasteiger charge is -2.27. The van der Waals surface area contributed by atoms with Crippen LogP contribution >= 0.6 is 0 Å². The molecule has 0 aromatic carbocycles. The van der Waals surface area contributed by atoms with Crippen LogP contribution in [0.3, 0.4) is 0 Å². The molecule has 1 aliphatic rings. The highest BCUT2D eigenvalue weighted by atomic mass is 19.4. The van der Waals surface area contributed by atoms with Crippen molar-refractivity contribution in [2.75, 3.05) is 0 Å². The first-order valence-electron chi connectivity index (χ1n) is 6.49. The Morgan fingerprint density at radius 2 is 1.67 bits per heavy atom. The fourth-order valence-electron chi connectivity index (χ4n) is 2.34. The lowest BCUT2D eigenvalue weighted by Crippen LogP contribution is -2.24. The molecule has 0 amide bonds. The number of rotatable bonds is 3. The third kappa shape index (κ3) is 6.26. The zero-order valence-corrected chi connectivity index (χ0v) is 11.3. The number of hydrogen-bond donors (Lipinski definition) is 0. The van der Waals surface area contributed by atoms with Gasteiger partial charge < -0.3 is 0 Å². The molecule has 5 heteroatoms. The summed E-state index contributed by atoms with van der Waals surface area (Å²) in [6.07, 6.45) is 1.02. The fourth-order valence-corrected chi connectivity index (χ4v) is 2.34. The molecule has 1 fully saturated rings. The fraction of sp³-hybridized carbons (Fsp3) is 0.923. The van der Waals surface area contributed by atoms with Crippen LogP contribution in [-0.4, -0.2) is 12.1 Å². The highest BCUT2D eigenvalue weighted by Gasteiger charge is 2.33. The van der Waals surface area contributed by atoms with E-state index in [2.05, 4.69) is 9.99 Å². The van der Waals surface area contributed by atoms with Crippen LogP contribution in [0.25, 0.3) is 0 Å². The molecule has 0 radical (unpaired) electrons. The van der Waals surface area contributed by atoms with Crippen molar-refractivity contribution >= 4 is 5.71 Å². The minimum Gasteiger partial charge on any atom is -0.294 e. The number of halogens is 3. The van der Waals surface area contributed by atoms with E-state index in [1.165, 1.54) is 6.42 Å². The standard InChI is InChI=1S/C13H22F3NO/c1-12(2,3)9-11(17-18-13(14,15)16)10-7-5-4-6-8-10/h10H,4-9H2,1-3H3. The number of alkyl halides is 3. The average molecular weight is 265 g/mol. The minimum absolute atomic E-state index is 0.0781. The maximum atomic E-state index is 12.1. The Morgan fingerprint density at radius 3 is 2.11 bits per heavy atom. The summed E-state index contributed by atoms with van der Waals surface area (Å²) in [7, 11) is 0. The molecule has 106 valence electrons. The van der Waals surface area contributed by atoms with Crippen molar-refractivity contribution in [3.05, 3.63) is 0 Å². The van der Waals surface area contributed by atoms with Crippen molar-refractivity contribution in [2.45, 2.75) is 65.7 Å². The molecule has 0 bridgehead atoms. The molecule has 0 saturated heterocycles. The summed E-state index contributed by atoms with van der Waals surface area (Å²) in [6.45, 7) is 6.00. The Bertz CT molecular complexity index is 286. The molecule has 2 nitrogen and oxygen atoms in total. The summed E-state index contributed by atoms with van der Waals surface area (Å²) < 4.78 is 36.3. The van der Waals surface area contributed by atoms with Crippen LogP contribution in [0.1, 0.15) is 59.3 Å². The molecular formula is C13H22F3NO. The molecule has 0 aliphatic heterocycles. The zero-order chi connectivity index (χ0) is 13.8. The van der Waals surface area contributed by atoms with E-state index in [4.69, 9.17) is 0 Å². The monoisotopic (exact) mass is 265 g/mol. The van der Waals surface area contributed by atoms with Gasteiger partial charge in [0.1, 0.15) is 0 Å². The maximum Gasteiger partial charge on any atom is 0.593 e. The molecule has 0 atom stereocenters. The molecule has 1 rings (SSSR count). The number of hydrogen-bond acceptors (Lipinski definition) is 2. The van der Waals surface area contributed by atoms with Gasteiger partial charge in [-0.15, -0.1) is 13.2 Å². The maximum absolute atomic E-state index is 12.1. The molecular weight excluding hydrogens is 243 g/mol. The summed E-state index contributed by atoms with van der Waals surface area (Å²) in [5, 5.41) is 3.40. The zero-order valence-electron chi connectivity index (χ0n) is 11.3. The molecule has 0 aromatic heterocycles. The SMILES string of the molecule is CC(C)(C)CC(=NOC(F)(F)F)C1CCCCC1.